The van der Waals surface area contributed by atoms with Gasteiger partial charge in [0.05, 0.1) is 9.95 Å². The molecule has 0 unspecified atom stereocenters. The molecular weight excluding hydrogens is 299 g/mol. The van der Waals surface area contributed by atoms with Gasteiger partial charge < -0.3 is 0 Å². The van der Waals surface area contributed by atoms with Crippen LogP contribution < -0.4 is 0 Å². The number of aromatic nitrogens is 3. The predicted molar refractivity (Wildman–Crippen MR) is 67.1 cm³/mol. The van der Waals surface area contributed by atoms with Crippen molar-refractivity contribution in [2.75, 3.05) is 0 Å². The zero-order valence-corrected chi connectivity index (χ0v) is 10.9. The molecule has 0 radical (unpaired) electrons. The van der Waals surface area contributed by atoms with Crippen molar-refractivity contribution in [3.8, 4) is 0 Å². The average molecular weight is 303 g/mol. The van der Waals surface area contributed by atoms with Crippen LogP contribution in [0.1, 0.15) is 0 Å². The van der Waals surface area contributed by atoms with Crippen molar-refractivity contribution in [1.82, 2.24) is 15.0 Å². The number of nitro groups is 1. The van der Waals surface area contributed by atoms with E-state index in [-0.39, 0.29) is 16.0 Å². The van der Waals surface area contributed by atoms with Crippen LogP contribution in [0.5, 0.6) is 0 Å². The van der Waals surface area contributed by atoms with E-state index >= 15 is 0 Å². The molecule has 0 aliphatic rings. The van der Waals surface area contributed by atoms with Gasteiger partial charge in [0.2, 0.25) is 5.28 Å². The Kier molecular flexibility index (Phi) is 3.95. The summed E-state index contributed by atoms with van der Waals surface area (Å²) in [6.07, 6.45) is 2.51. The highest BCUT2D eigenvalue weighted by atomic mass is 35.5. The first kappa shape index (κ1) is 13.0. The standard InChI is InChI=1S/C9H4Cl2N4O2S/c10-5-1-2-7(12-3-5)18-8-6(15(16)17)4-13-9(11)14-8/h1-4H. The normalized spacial score (nSPS) is 10.3. The van der Waals surface area contributed by atoms with Crippen molar-refractivity contribution >= 4 is 40.7 Å². The molecule has 0 aromatic carbocycles. The van der Waals surface area contributed by atoms with E-state index in [0.717, 1.165) is 18.0 Å². The topological polar surface area (TPSA) is 81.8 Å². The second-order valence-corrected chi connectivity index (χ2v) is 4.79. The van der Waals surface area contributed by atoms with Gasteiger partial charge in [-0.1, -0.05) is 11.6 Å². The lowest BCUT2D eigenvalue weighted by Crippen LogP contribution is -1.96. The number of pyridine rings is 1. The predicted octanol–water partition coefficient (Wildman–Crippen LogP) is 3.24. The monoisotopic (exact) mass is 302 g/mol. The fraction of sp³-hybridized carbons (Fsp3) is 0. The molecule has 2 aromatic heterocycles. The molecule has 2 heterocycles. The maximum atomic E-state index is 10.8. The number of halogens is 2. The Hall–Kier alpha value is -1.44. The van der Waals surface area contributed by atoms with Crippen LogP contribution in [0, 0.1) is 10.1 Å². The molecule has 2 rings (SSSR count). The molecule has 0 N–H and O–H groups in total. The van der Waals surface area contributed by atoms with Crippen LogP contribution in [-0.4, -0.2) is 19.9 Å². The number of hydrogen-bond donors (Lipinski definition) is 0. The molecule has 6 nitrogen and oxygen atoms in total. The Morgan fingerprint density at radius 1 is 1.22 bits per heavy atom. The van der Waals surface area contributed by atoms with Crippen LogP contribution in [0.3, 0.4) is 0 Å². The highest BCUT2D eigenvalue weighted by molar-refractivity contribution is 7.99. The second kappa shape index (κ2) is 5.47. The van der Waals surface area contributed by atoms with Gasteiger partial charge in [-0.25, -0.2) is 15.0 Å². The SMILES string of the molecule is O=[N+]([O-])c1cnc(Cl)nc1Sc1ccc(Cl)cn1. The molecule has 92 valence electrons. The third-order valence-electron chi connectivity index (χ3n) is 1.80. The lowest BCUT2D eigenvalue weighted by Gasteiger charge is -2.01. The van der Waals surface area contributed by atoms with Gasteiger partial charge in [-0.15, -0.1) is 0 Å². The molecule has 18 heavy (non-hydrogen) atoms. The number of rotatable bonds is 3. The van der Waals surface area contributed by atoms with Gasteiger partial charge in [-0.05, 0) is 35.5 Å². The first-order chi connectivity index (χ1) is 8.56. The van der Waals surface area contributed by atoms with Crippen molar-refractivity contribution in [3.63, 3.8) is 0 Å². The molecule has 0 aliphatic carbocycles. The summed E-state index contributed by atoms with van der Waals surface area (Å²) in [7, 11) is 0. The summed E-state index contributed by atoms with van der Waals surface area (Å²) < 4.78 is 0. The molecular formula is C9H4Cl2N4O2S. The molecule has 0 bridgehead atoms. The molecule has 0 amide bonds. The minimum absolute atomic E-state index is 0.0583. The minimum atomic E-state index is -0.575. The van der Waals surface area contributed by atoms with E-state index < -0.39 is 4.92 Å². The maximum absolute atomic E-state index is 10.8. The van der Waals surface area contributed by atoms with Gasteiger partial charge >= 0.3 is 5.69 Å². The summed E-state index contributed by atoms with van der Waals surface area (Å²) >= 11 is 12.3. The minimum Gasteiger partial charge on any atom is -0.258 e. The maximum Gasteiger partial charge on any atom is 0.320 e. The van der Waals surface area contributed by atoms with E-state index in [2.05, 4.69) is 15.0 Å². The molecule has 0 saturated heterocycles. The van der Waals surface area contributed by atoms with Gasteiger partial charge in [-0.3, -0.25) is 10.1 Å². The van der Waals surface area contributed by atoms with E-state index in [1.165, 1.54) is 6.20 Å². The molecule has 0 fully saturated rings. The van der Waals surface area contributed by atoms with Crippen molar-refractivity contribution in [3.05, 3.63) is 44.9 Å². The van der Waals surface area contributed by atoms with Gasteiger partial charge in [-0.2, -0.15) is 0 Å². The summed E-state index contributed by atoms with van der Waals surface area (Å²) in [6, 6.07) is 3.26. The average Bonchev–Trinajstić information content (AvgIpc) is 2.32. The summed E-state index contributed by atoms with van der Waals surface area (Å²) in [5.41, 5.74) is -0.221. The lowest BCUT2D eigenvalue weighted by molar-refractivity contribution is -0.388. The first-order valence-corrected chi connectivity index (χ1v) is 6.10. The Morgan fingerprint density at radius 3 is 2.61 bits per heavy atom. The van der Waals surface area contributed by atoms with Crippen molar-refractivity contribution in [2.24, 2.45) is 0 Å². The molecule has 0 spiro atoms. The van der Waals surface area contributed by atoms with Crippen molar-refractivity contribution in [1.29, 1.82) is 0 Å². The molecule has 0 saturated carbocycles. The molecule has 0 atom stereocenters. The van der Waals surface area contributed by atoms with Crippen LogP contribution in [0.4, 0.5) is 5.69 Å². The fourth-order valence-electron chi connectivity index (χ4n) is 1.06. The Bertz CT molecular complexity index is 594. The lowest BCUT2D eigenvalue weighted by atomic mass is 10.5. The summed E-state index contributed by atoms with van der Waals surface area (Å²) in [5, 5.41) is 11.9. The zero-order chi connectivity index (χ0) is 13.1. The van der Waals surface area contributed by atoms with Crippen LogP contribution in [0.15, 0.2) is 34.6 Å². The molecule has 0 aliphatic heterocycles. The van der Waals surface area contributed by atoms with E-state index in [4.69, 9.17) is 23.2 Å². The Balaban J connectivity index is 2.35. The summed E-state index contributed by atoms with van der Waals surface area (Å²) in [4.78, 5) is 21.6. The van der Waals surface area contributed by atoms with E-state index in [0.29, 0.717) is 10.0 Å². The summed E-state index contributed by atoms with van der Waals surface area (Å²) in [5.74, 6) is 0. The molecule has 2 aromatic rings. The second-order valence-electron chi connectivity index (χ2n) is 3.00. The smallest absolute Gasteiger partial charge is 0.258 e. The largest absolute Gasteiger partial charge is 0.320 e. The molecule has 9 heteroatoms. The van der Waals surface area contributed by atoms with Crippen LogP contribution in [0.2, 0.25) is 10.3 Å². The summed E-state index contributed by atoms with van der Waals surface area (Å²) in [6.45, 7) is 0. The van der Waals surface area contributed by atoms with E-state index in [1.54, 1.807) is 12.1 Å². The van der Waals surface area contributed by atoms with Crippen molar-refractivity contribution in [2.45, 2.75) is 10.1 Å². The Labute approximate surface area is 116 Å². The van der Waals surface area contributed by atoms with Gasteiger partial charge in [0.25, 0.3) is 0 Å². The van der Waals surface area contributed by atoms with Crippen LogP contribution in [-0.2, 0) is 0 Å². The van der Waals surface area contributed by atoms with Crippen molar-refractivity contribution < 1.29 is 4.92 Å². The van der Waals surface area contributed by atoms with E-state index in [1.807, 2.05) is 0 Å². The third-order valence-corrected chi connectivity index (χ3v) is 3.15. The fourth-order valence-corrected chi connectivity index (χ4v) is 2.16. The van der Waals surface area contributed by atoms with Gasteiger partial charge in [0.15, 0.2) is 5.03 Å². The van der Waals surface area contributed by atoms with Gasteiger partial charge in [0.1, 0.15) is 11.2 Å². The van der Waals surface area contributed by atoms with Gasteiger partial charge in [0, 0.05) is 6.20 Å². The third kappa shape index (κ3) is 3.06. The zero-order valence-electron chi connectivity index (χ0n) is 8.58. The number of nitrogens with zero attached hydrogens (tertiary/aromatic N) is 4. The van der Waals surface area contributed by atoms with E-state index in [9.17, 15) is 10.1 Å². The quantitative estimate of drug-likeness (QED) is 0.375. The highest BCUT2D eigenvalue weighted by Crippen LogP contribution is 2.32. The Morgan fingerprint density at radius 2 is 2.00 bits per heavy atom. The van der Waals surface area contributed by atoms with Crippen LogP contribution >= 0.6 is 35.0 Å². The number of hydrogen-bond acceptors (Lipinski definition) is 6. The highest BCUT2D eigenvalue weighted by Gasteiger charge is 2.18. The first-order valence-electron chi connectivity index (χ1n) is 4.52. The van der Waals surface area contributed by atoms with Crippen LogP contribution in [0.25, 0.3) is 0 Å².